The molecule has 0 amide bonds. The van der Waals surface area contributed by atoms with E-state index in [4.69, 9.17) is 14.2 Å². The fourth-order valence-corrected chi connectivity index (χ4v) is 8.83. The van der Waals surface area contributed by atoms with Gasteiger partial charge in [-0.05, 0) is 116 Å². The van der Waals surface area contributed by atoms with E-state index in [9.17, 15) is 14.4 Å². The number of hydrogen-bond donors (Lipinski definition) is 0. The van der Waals surface area contributed by atoms with Crippen molar-refractivity contribution in [2.24, 2.45) is 0 Å². The minimum atomic E-state index is -0.788. The van der Waals surface area contributed by atoms with Gasteiger partial charge in [0.15, 0.2) is 6.10 Å². The van der Waals surface area contributed by atoms with Crippen LogP contribution in [0.2, 0.25) is 0 Å². The van der Waals surface area contributed by atoms with Crippen LogP contribution in [0.15, 0.2) is 134 Å². The molecule has 0 N–H and O–H groups in total. The van der Waals surface area contributed by atoms with Crippen molar-refractivity contribution in [1.82, 2.24) is 0 Å². The number of ether oxygens (including phenoxy) is 3. The maximum absolute atomic E-state index is 12.9. The number of allylic oxidation sites excluding steroid dienone is 22. The van der Waals surface area contributed by atoms with E-state index in [2.05, 4.69) is 154 Å². The molecule has 0 spiro atoms. The summed E-state index contributed by atoms with van der Waals surface area (Å²) in [7, 11) is 0. The zero-order valence-corrected chi connectivity index (χ0v) is 51.3. The van der Waals surface area contributed by atoms with Gasteiger partial charge in [0.2, 0.25) is 0 Å². The van der Waals surface area contributed by atoms with Gasteiger partial charge in [-0.15, -0.1) is 0 Å². The van der Waals surface area contributed by atoms with Gasteiger partial charge in [0.05, 0.1) is 0 Å². The summed E-state index contributed by atoms with van der Waals surface area (Å²) in [6, 6.07) is 0. The first-order valence-corrected chi connectivity index (χ1v) is 32.7. The molecule has 0 saturated carbocycles. The molecule has 448 valence electrons. The standard InChI is InChI=1S/C73H120O6/c1-4-7-10-13-16-18-20-22-24-26-28-30-32-34-36-38-40-42-44-46-48-50-52-54-57-60-63-66-72(75)78-69-70(68-77-71(74)65-62-59-56-15-12-9-6-3)79-73(76)67-64-61-58-55-53-51-49-47-45-43-41-39-37-35-33-31-29-27-25-23-21-19-17-14-11-8-5-2/h7-8,10-11,16-19,22-25,28-31,34,36,40,42,46,48,70H,4-6,9,12-15,20-21,26-27,32-33,35,37-39,41,43-45,47,49-69H2,1-3H3/b10-7-,11-8-,18-16-,19-17-,24-22-,25-23-,30-28-,31-29-,36-34-,42-40-,48-46-. The van der Waals surface area contributed by atoms with Crippen LogP contribution < -0.4 is 0 Å². The Labute approximate surface area is 487 Å². The second-order valence-electron chi connectivity index (χ2n) is 21.3. The fraction of sp³-hybridized carbons (Fsp3) is 0.658. The SMILES string of the molecule is CC/C=C\C/C=C\C/C=C\C/C=C\C/C=C\C/C=C\C/C=C\CCCCCCCC(=O)OCC(COC(=O)CCCCCCCCC)OC(=O)CCCCCCCCCCCCCCCC/C=C\C/C=C\C/C=C\C/C=C\CC. The van der Waals surface area contributed by atoms with E-state index < -0.39 is 6.10 Å². The quantitative estimate of drug-likeness (QED) is 0.0261. The van der Waals surface area contributed by atoms with E-state index in [1.54, 1.807) is 0 Å². The molecular weight excluding hydrogens is 973 g/mol. The molecule has 79 heavy (non-hydrogen) atoms. The predicted molar refractivity (Wildman–Crippen MR) is 343 cm³/mol. The van der Waals surface area contributed by atoms with Crippen LogP contribution >= 0.6 is 0 Å². The van der Waals surface area contributed by atoms with E-state index in [1.807, 2.05) is 0 Å². The molecule has 0 aliphatic rings. The van der Waals surface area contributed by atoms with E-state index in [-0.39, 0.29) is 31.1 Å². The summed E-state index contributed by atoms with van der Waals surface area (Å²) in [4.78, 5) is 38.1. The summed E-state index contributed by atoms with van der Waals surface area (Å²) >= 11 is 0. The van der Waals surface area contributed by atoms with Gasteiger partial charge in [0.25, 0.3) is 0 Å². The van der Waals surface area contributed by atoms with E-state index >= 15 is 0 Å². The highest BCUT2D eigenvalue weighted by Crippen LogP contribution is 2.16. The van der Waals surface area contributed by atoms with Gasteiger partial charge >= 0.3 is 17.9 Å². The average Bonchev–Trinajstić information content (AvgIpc) is 3.45. The number of unbranched alkanes of at least 4 members (excludes halogenated alkanes) is 25. The van der Waals surface area contributed by atoms with Crippen LogP contribution in [0.1, 0.15) is 290 Å². The van der Waals surface area contributed by atoms with Crippen LogP contribution in [0.3, 0.4) is 0 Å². The first kappa shape index (κ1) is 74.5. The normalized spacial score (nSPS) is 13.0. The summed E-state index contributed by atoms with van der Waals surface area (Å²) in [5, 5.41) is 0. The minimum absolute atomic E-state index is 0.0859. The molecule has 1 unspecified atom stereocenters. The fourth-order valence-electron chi connectivity index (χ4n) is 8.83. The molecule has 6 heteroatoms. The molecule has 0 radical (unpaired) electrons. The molecule has 6 nitrogen and oxygen atoms in total. The minimum Gasteiger partial charge on any atom is -0.462 e. The molecule has 0 aromatic heterocycles. The second-order valence-corrected chi connectivity index (χ2v) is 21.3. The van der Waals surface area contributed by atoms with Gasteiger partial charge in [-0.1, -0.05) is 289 Å². The molecule has 0 aromatic rings. The highest BCUT2D eigenvalue weighted by atomic mass is 16.6. The second kappa shape index (κ2) is 66.1. The topological polar surface area (TPSA) is 78.9 Å². The van der Waals surface area contributed by atoms with E-state index in [1.165, 1.54) is 103 Å². The van der Waals surface area contributed by atoms with Crippen LogP contribution in [0.5, 0.6) is 0 Å². The van der Waals surface area contributed by atoms with Gasteiger partial charge in [-0.2, -0.15) is 0 Å². The summed E-state index contributed by atoms with van der Waals surface area (Å²) in [6.45, 7) is 6.36. The lowest BCUT2D eigenvalue weighted by Crippen LogP contribution is -2.30. The average molecular weight is 1090 g/mol. The Morgan fingerprint density at radius 1 is 0.266 bits per heavy atom. The van der Waals surface area contributed by atoms with Crippen molar-refractivity contribution in [2.75, 3.05) is 13.2 Å². The van der Waals surface area contributed by atoms with Crippen LogP contribution in [-0.4, -0.2) is 37.2 Å². The lowest BCUT2D eigenvalue weighted by molar-refractivity contribution is -0.167. The molecule has 0 aliphatic heterocycles. The summed E-state index contributed by atoms with van der Waals surface area (Å²) in [6.07, 6.45) is 93.4. The third-order valence-corrected chi connectivity index (χ3v) is 13.7. The number of carbonyl (C=O) groups is 3. The third kappa shape index (κ3) is 64.3. The van der Waals surface area contributed by atoms with Crippen molar-refractivity contribution in [3.63, 3.8) is 0 Å². The van der Waals surface area contributed by atoms with Crippen molar-refractivity contribution < 1.29 is 28.6 Å². The summed E-state index contributed by atoms with van der Waals surface area (Å²) in [5.41, 5.74) is 0. The zero-order valence-electron chi connectivity index (χ0n) is 51.3. The molecule has 0 aliphatic carbocycles. The number of esters is 3. The monoisotopic (exact) mass is 1090 g/mol. The molecular formula is C73H120O6. The van der Waals surface area contributed by atoms with Gasteiger partial charge in [-0.3, -0.25) is 14.4 Å². The van der Waals surface area contributed by atoms with Gasteiger partial charge in [-0.25, -0.2) is 0 Å². The van der Waals surface area contributed by atoms with Crippen LogP contribution in [0.25, 0.3) is 0 Å². The van der Waals surface area contributed by atoms with E-state index in [0.717, 1.165) is 148 Å². The largest absolute Gasteiger partial charge is 0.462 e. The molecule has 0 bridgehead atoms. The third-order valence-electron chi connectivity index (χ3n) is 13.7. The molecule has 0 heterocycles. The van der Waals surface area contributed by atoms with Gasteiger partial charge < -0.3 is 14.2 Å². The van der Waals surface area contributed by atoms with Crippen molar-refractivity contribution >= 4 is 17.9 Å². The Balaban J connectivity index is 4.19. The first-order valence-electron chi connectivity index (χ1n) is 32.7. The van der Waals surface area contributed by atoms with Crippen molar-refractivity contribution in [1.29, 1.82) is 0 Å². The lowest BCUT2D eigenvalue weighted by atomic mass is 10.0. The summed E-state index contributed by atoms with van der Waals surface area (Å²) < 4.78 is 16.8. The van der Waals surface area contributed by atoms with Crippen LogP contribution in [0.4, 0.5) is 0 Å². The Hall–Kier alpha value is -4.45. The zero-order chi connectivity index (χ0) is 57.1. The Kier molecular flexibility index (Phi) is 62.3. The molecule has 0 saturated heterocycles. The van der Waals surface area contributed by atoms with Crippen LogP contribution in [0, 0.1) is 0 Å². The van der Waals surface area contributed by atoms with Gasteiger partial charge in [0.1, 0.15) is 13.2 Å². The Morgan fingerprint density at radius 2 is 0.494 bits per heavy atom. The van der Waals surface area contributed by atoms with Crippen molar-refractivity contribution in [2.45, 2.75) is 297 Å². The predicted octanol–water partition coefficient (Wildman–Crippen LogP) is 22.5. The highest BCUT2D eigenvalue weighted by molar-refractivity contribution is 5.71. The molecule has 0 fully saturated rings. The molecule has 0 rings (SSSR count). The Bertz CT molecular complexity index is 1680. The van der Waals surface area contributed by atoms with Crippen molar-refractivity contribution in [3.8, 4) is 0 Å². The van der Waals surface area contributed by atoms with Crippen LogP contribution in [-0.2, 0) is 28.6 Å². The smallest absolute Gasteiger partial charge is 0.306 e. The first-order chi connectivity index (χ1) is 39.0. The van der Waals surface area contributed by atoms with Crippen molar-refractivity contribution in [3.05, 3.63) is 134 Å². The number of carbonyl (C=O) groups excluding carboxylic acids is 3. The number of rotatable bonds is 58. The highest BCUT2D eigenvalue weighted by Gasteiger charge is 2.19. The maximum atomic E-state index is 12.9. The Morgan fingerprint density at radius 3 is 0.772 bits per heavy atom. The summed E-state index contributed by atoms with van der Waals surface area (Å²) in [5.74, 6) is -0.910. The molecule has 0 aromatic carbocycles. The molecule has 1 atom stereocenters. The van der Waals surface area contributed by atoms with E-state index in [0.29, 0.717) is 19.3 Å². The number of hydrogen-bond acceptors (Lipinski definition) is 6. The maximum Gasteiger partial charge on any atom is 0.306 e. The lowest BCUT2D eigenvalue weighted by Gasteiger charge is -2.18. The van der Waals surface area contributed by atoms with Gasteiger partial charge in [0, 0.05) is 19.3 Å².